The van der Waals surface area contributed by atoms with E-state index < -0.39 is 0 Å². The second kappa shape index (κ2) is 8.37. The molecule has 1 aliphatic heterocycles. The molecule has 166 valence electrons. The molecule has 3 aromatic rings. The maximum atomic E-state index is 13.3. The molecule has 7 nitrogen and oxygen atoms in total. The van der Waals surface area contributed by atoms with Crippen molar-refractivity contribution in [2.24, 2.45) is 0 Å². The van der Waals surface area contributed by atoms with Gasteiger partial charge in [-0.3, -0.25) is 9.59 Å². The van der Waals surface area contributed by atoms with Gasteiger partial charge >= 0.3 is 0 Å². The lowest BCUT2D eigenvalue weighted by molar-refractivity contribution is -0.134. The molecular weight excluding hydrogens is 402 g/mol. The minimum Gasteiger partial charge on any atom is -0.342 e. The lowest BCUT2D eigenvalue weighted by Crippen LogP contribution is -2.43. The quantitative estimate of drug-likeness (QED) is 0.638. The van der Waals surface area contributed by atoms with E-state index in [0.29, 0.717) is 18.9 Å². The molecule has 1 aliphatic carbocycles. The van der Waals surface area contributed by atoms with Crippen LogP contribution < -0.4 is 5.56 Å². The van der Waals surface area contributed by atoms with Gasteiger partial charge in [-0.05, 0) is 69.2 Å². The summed E-state index contributed by atoms with van der Waals surface area (Å²) in [4.78, 5) is 27.9. The van der Waals surface area contributed by atoms with E-state index in [4.69, 9.17) is 0 Å². The molecule has 7 heteroatoms. The Morgan fingerprint density at radius 1 is 1.00 bits per heavy atom. The van der Waals surface area contributed by atoms with E-state index >= 15 is 0 Å². The summed E-state index contributed by atoms with van der Waals surface area (Å²) in [6.07, 6.45) is 4.49. The molecule has 0 saturated carbocycles. The van der Waals surface area contributed by atoms with E-state index in [2.05, 4.69) is 28.4 Å². The molecule has 0 N–H and O–H groups in total. The van der Waals surface area contributed by atoms with E-state index in [9.17, 15) is 9.59 Å². The first-order valence-electron chi connectivity index (χ1n) is 11.5. The fourth-order valence-electron chi connectivity index (χ4n) is 5.21. The highest BCUT2D eigenvalue weighted by atomic mass is 16.2. The number of hydrogen-bond donors (Lipinski definition) is 0. The number of rotatable bonds is 3. The number of amides is 1. The first-order valence-corrected chi connectivity index (χ1v) is 11.5. The SMILES string of the molecule is Cc1cc(C)n(-c2ccc(=O)n(C3CCN(C(=O)C4CCCc5ccccc54)CC3)n2)n1. The van der Waals surface area contributed by atoms with Crippen molar-refractivity contribution in [3.05, 3.63) is 75.3 Å². The number of fused-ring (bicyclic) bond motifs is 1. The first kappa shape index (κ1) is 20.7. The van der Waals surface area contributed by atoms with Gasteiger partial charge in [-0.1, -0.05) is 24.3 Å². The van der Waals surface area contributed by atoms with Crippen LogP contribution in [0.1, 0.15) is 60.2 Å². The van der Waals surface area contributed by atoms with E-state index in [-0.39, 0.29) is 23.4 Å². The molecule has 5 rings (SSSR count). The summed E-state index contributed by atoms with van der Waals surface area (Å²) in [5.41, 5.74) is 4.29. The van der Waals surface area contributed by atoms with E-state index in [1.165, 1.54) is 11.1 Å². The monoisotopic (exact) mass is 431 g/mol. The van der Waals surface area contributed by atoms with Crippen molar-refractivity contribution in [2.45, 2.75) is 57.9 Å². The maximum absolute atomic E-state index is 13.3. The standard InChI is InChI=1S/C25H29N5O2/c1-17-16-18(2)29(26-17)23-10-11-24(31)30(27-23)20-12-14-28(15-13-20)25(32)22-9-5-7-19-6-3-4-8-21(19)22/h3-4,6,8,10-11,16,20,22H,5,7,9,12-15H2,1-2H3. The zero-order valence-corrected chi connectivity index (χ0v) is 18.7. The molecule has 1 saturated heterocycles. The van der Waals surface area contributed by atoms with Crippen molar-refractivity contribution >= 4 is 5.91 Å². The van der Waals surface area contributed by atoms with Crippen LogP contribution in [0, 0.1) is 13.8 Å². The van der Waals surface area contributed by atoms with Crippen LogP contribution in [0.25, 0.3) is 5.82 Å². The lowest BCUT2D eigenvalue weighted by Gasteiger charge is -2.36. The van der Waals surface area contributed by atoms with Gasteiger partial charge in [0, 0.05) is 24.8 Å². The van der Waals surface area contributed by atoms with Gasteiger partial charge in [-0.25, -0.2) is 9.36 Å². The Morgan fingerprint density at radius 3 is 2.53 bits per heavy atom. The van der Waals surface area contributed by atoms with Crippen molar-refractivity contribution in [3.63, 3.8) is 0 Å². The summed E-state index contributed by atoms with van der Waals surface area (Å²) in [6.45, 7) is 5.22. The normalized spacial score (nSPS) is 19.1. The number of likely N-dealkylation sites (tertiary alicyclic amines) is 1. The van der Waals surface area contributed by atoms with Crippen LogP contribution in [-0.4, -0.2) is 43.5 Å². The minimum atomic E-state index is -0.110. The smallest absolute Gasteiger partial charge is 0.267 e. The summed E-state index contributed by atoms with van der Waals surface area (Å²) in [7, 11) is 0. The molecular formula is C25H29N5O2. The molecule has 1 amide bonds. The molecule has 0 radical (unpaired) electrons. The van der Waals surface area contributed by atoms with Crippen molar-refractivity contribution in [1.82, 2.24) is 24.5 Å². The second-order valence-corrected chi connectivity index (χ2v) is 9.01. The number of nitrogens with zero attached hydrogens (tertiary/aromatic N) is 5. The fraction of sp³-hybridized carbons (Fsp3) is 0.440. The van der Waals surface area contributed by atoms with Crippen LogP contribution in [0.15, 0.2) is 47.3 Å². The molecule has 3 heterocycles. The van der Waals surface area contributed by atoms with Crippen LogP contribution in [0.5, 0.6) is 0 Å². The molecule has 1 fully saturated rings. The molecule has 0 spiro atoms. The van der Waals surface area contributed by atoms with Crippen LogP contribution >= 0.6 is 0 Å². The Hall–Kier alpha value is -3.22. The highest BCUT2D eigenvalue weighted by Crippen LogP contribution is 2.34. The van der Waals surface area contributed by atoms with Crippen molar-refractivity contribution in [2.75, 3.05) is 13.1 Å². The lowest BCUT2D eigenvalue weighted by atomic mass is 9.82. The zero-order valence-electron chi connectivity index (χ0n) is 18.7. The Labute approximate surface area is 187 Å². The first-order chi connectivity index (χ1) is 15.5. The maximum Gasteiger partial charge on any atom is 0.267 e. The van der Waals surface area contributed by atoms with E-state index in [1.54, 1.807) is 21.5 Å². The van der Waals surface area contributed by atoms with E-state index in [1.807, 2.05) is 30.9 Å². The van der Waals surface area contributed by atoms with E-state index in [0.717, 1.165) is 43.5 Å². The van der Waals surface area contributed by atoms with Crippen LogP contribution in [0.4, 0.5) is 0 Å². The van der Waals surface area contributed by atoms with Crippen molar-refractivity contribution in [1.29, 1.82) is 0 Å². The minimum absolute atomic E-state index is 0.0119. The number of aryl methyl sites for hydroxylation is 3. The third kappa shape index (κ3) is 3.76. The highest BCUT2D eigenvalue weighted by molar-refractivity contribution is 5.84. The molecule has 32 heavy (non-hydrogen) atoms. The van der Waals surface area contributed by atoms with Gasteiger partial charge in [0.25, 0.3) is 5.56 Å². The van der Waals surface area contributed by atoms with Gasteiger partial charge in [0.1, 0.15) is 0 Å². The van der Waals surface area contributed by atoms with Crippen LogP contribution in [0.3, 0.4) is 0 Å². The number of aromatic nitrogens is 4. The van der Waals surface area contributed by atoms with Gasteiger partial charge in [0.2, 0.25) is 5.91 Å². The summed E-state index contributed by atoms with van der Waals surface area (Å²) in [5, 5.41) is 9.12. The van der Waals surface area contributed by atoms with Gasteiger partial charge in [-0.15, -0.1) is 5.10 Å². The van der Waals surface area contributed by atoms with Crippen molar-refractivity contribution < 1.29 is 4.79 Å². The number of benzene rings is 1. The average molecular weight is 432 g/mol. The van der Waals surface area contributed by atoms with Crippen molar-refractivity contribution in [3.8, 4) is 5.82 Å². The Morgan fingerprint density at radius 2 is 1.78 bits per heavy atom. The topological polar surface area (TPSA) is 73.0 Å². The second-order valence-electron chi connectivity index (χ2n) is 9.01. The predicted octanol–water partition coefficient (Wildman–Crippen LogP) is 3.33. The van der Waals surface area contributed by atoms with Gasteiger partial charge in [0.05, 0.1) is 17.7 Å². The summed E-state index contributed by atoms with van der Waals surface area (Å²) in [6, 6.07) is 13.6. The molecule has 1 unspecified atom stereocenters. The third-order valence-electron chi connectivity index (χ3n) is 6.83. The number of carbonyl (C=O) groups is 1. The average Bonchev–Trinajstić information content (AvgIpc) is 3.16. The highest BCUT2D eigenvalue weighted by Gasteiger charge is 2.32. The fourth-order valence-corrected chi connectivity index (χ4v) is 5.21. The Balaban J connectivity index is 1.31. The van der Waals surface area contributed by atoms with Gasteiger partial charge in [0.15, 0.2) is 5.82 Å². The number of carbonyl (C=O) groups excluding carboxylic acids is 1. The predicted molar refractivity (Wildman–Crippen MR) is 122 cm³/mol. The molecule has 2 aromatic heterocycles. The number of hydrogen-bond acceptors (Lipinski definition) is 4. The zero-order chi connectivity index (χ0) is 22.2. The summed E-state index contributed by atoms with van der Waals surface area (Å²) in [5.74, 6) is 0.839. The Bertz CT molecular complexity index is 1200. The molecule has 0 bridgehead atoms. The summed E-state index contributed by atoms with van der Waals surface area (Å²) >= 11 is 0. The Kier molecular flexibility index (Phi) is 5.41. The van der Waals surface area contributed by atoms with Crippen LogP contribution in [0.2, 0.25) is 0 Å². The molecule has 1 atom stereocenters. The summed E-state index contributed by atoms with van der Waals surface area (Å²) < 4.78 is 3.36. The van der Waals surface area contributed by atoms with Gasteiger partial charge in [-0.2, -0.15) is 5.10 Å². The van der Waals surface area contributed by atoms with Crippen LogP contribution in [-0.2, 0) is 11.2 Å². The molecule has 1 aromatic carbocycles. The van der Waals surface area contributed by atoms with Gasteiger partial charge < -0.3 is 4.90 Å². The largest absolute Gasteiger partial charge is 0.342 e. The third-order valence-corrected chi connectivity index (χ3v) is 6.83. The number of piperidine rings is 1. The molecule has 2 aliphatic rings.